The number of hydrogen-bond donors (Lipinski definition) is 0. The number of pyridine rings is 2. The van der Waals surface area contributed by atoms with Crippen LogP contribution in [0.25, 0.3) is 22.4 Å². The monoisotopic (exact) mass is 492 g/mol. The molecule has 2 heterocycles. The standard InChI is InChI=1S/C29H29N2.BF4/c1-29(2,3)27-18-26(22-11-5-4-6-12-22)25-16-15-23-13-7-8-14-24(23)28(25)31(27)20-21-10-9-17-30-19-21;2-1(3,4)5/h4-14,17-19H,15-16,20H2,1-3H3;/q+1;-1. The topological polar surface area (TPSA) is 16.8 Å². The van der Waals surface area contributed by atoms with Crippen LogP contribution in [0.5, 0.6) is 0 Å². The average Bonchev–Trinajstić information content (AvgIpc) is 2.83. The molecule has 0 atom stereocenters. The van der Waals surface area contributed by atoms with Gasteiger partial charge in [-0.3, -0.25) is 4.98 Å². The van der Waals surface area contributed by atoms with Crippen molar-refractivity contribution in [1.82, 2.24) is 4.98 Å². The Kier molecular flexibility index (Phi) is 7.29. The Hall–Kier alpha value is -3.48. The molecular weight excluding hydrogens is 463 g/mol. The third-order valence-electron chi connectivity index (χ3n) is 6.29. The molecule has 36 heavy (non-hydrogen) atoms. The largest absolute Gasteiger partial charge is 0.673 e. The number of benzene rings is 2. The van der Waals surface area contributed by atoms with Gasteiger partial charge >= 0.3 is 7.25 Å². The molecule has 2 aromatic heterocycles. The third-order valence-corrected chi connectivity index (χ3v) is 6.29. The van der Waals surface area contributed by atoms with Crippen molar-refractivity contribution in [3.05, 3.63) is 108 Å². The summed E-state index contributed by atoms with van der Waals surface area (Å²) in [4.78, 5) is 4.38. The molecule has 7 heteroatoms. The average molecular weight is 492 g/mol. The van der Waals surface area contributed by atoms with E-state index in [0.717, 1.165) is 19.4 Å². The van der Waals surface area contributed by atoms with Crippen molar-refractivity contribution in [2.24, 2.45) is 0 Å². The Labute approximate surface area is 209 Å². The van der Waals surface area contributed by atoms with E-state index in [2.05, 4.69) is 97.1 Å². The molecular formula is C29H29BF4N2. The zero-order valence-corrected chi connectivity index (χ0v) is 20.7. The molecule has 1 aliphatic rings. The molecule has 0 radical (unpaired) electrons. The SMILES string of the molecule is CC(C)(C)c1cc(-c2ccccc2)c2c([n+]1Cc1cccnc1)-c1ccccc1CC2.F[B-](F)(F)F. The molecule has 0 amide bonds. The summed E-state index contributed by atoms with van der Waals surface area (Å²) in [5.41, 5.74) is 10.9. The first-order chi connectivity index (χ1) is 17.0. The lowest BCUT2D eigenvalue weighted by atomic mass is 9.81. The van der Waals surface area contributed by atoms with Crippen molar-refractivity contribution in [2.75, 3.05) is 0 Å². The van der Waals surface area contributed by atoms with E-state index in [1.165, 1.54) is 44.8 Å². The summed E-state index contributed by atoms with van der Waals surface area (Å²) in [6, 6.07) is 26.5. The number of nitrogens with zero attached hydrogens (tertiary/aromatic N) is 2. The van der Waals surface area contributed by atoms with Crippen molar-refractivity contribution < 1.29 is 21.8 Å². The van der Waals surface area contributed by atoms with Gasteiger partial charge in [0.25, 0.3) is 0 Å². The van der Waals surface area contributed by atoms with Crippen LogP contribution in [0.3, 0.4) is 0 Å². The molecule has 4 aromatic rings. The highest BCUT2D eigenvalue weighted by Crippen LogP contribution is 2.39. The summed E-state index contributed by atoms with van der Waals surface area (Å²) >= 11 is 0. The van der Waals surface area contributed by atoms with Gasteiger partial charge < -0.3 is 17.3 Å². The van der Waals surface area contributed by atoms with Gasteiger partial charge in [-0.2, -0.15) is 4.57 Å². The molecule has 0 aliphatic heterocycles. The van der Waals surface area contributed by atoms with Crippen LogP contribution in [-0.4, -0.2) is 12.2 Å². The maximum atomic E-state index is 9.75. The van der Waals surface area contributed by atoms with Crippen molar-refractivity contribution in [1.29, 1.82) is 0 Å². The van der Waals surface area contributed by atoms with Gasteiger partial charge in [0.15, 0.2) is 12.2 Å². The molecule has 186 valence electrons. The summed E-state index contributed by atoms with van der Waals surface area (Å²) in [6.07, 6.45) is 5.99. The lowest BCUT2D eigenvalue weighted by Crippen LogP contribution is -2.47. The second-order valence-electron chi connectivity index (χ2n) is 9.99. The molecule has 0 N–H and O–H groups in total. The van der Waals surface area contributed by atoms with Crippen LogP contribution in [0.2, 0.25) is 0 Å². The normalized spacial score (nSPS) is 12.8. The summed E-state index contributed by atoms with van der Waals surface area (Å²) in [7, 11) is -6.00. The van der Waals surface area contributed by atoms with Crippen LogP contribution in [0.4, 0.5) is 17.3 Å². The van der Waals surface area contributed by atoms with E-state index >= 15 is 0 Å². The minimum Gasteiger partial charge on any atom is -0.418 e. The van der Waals surface area contributed by atoms with Crippen LogP contribution in [0.15, 0.2) is 85.2 Å². The lowest BCUT2D eigenvalue weighted by Gasteiger charge is -2.26. The number of rotatable bonds is 3. The highest BCUT2D eigenvalue weighted by atomic mass is 19.5. The quantitative estimate of drug-likeness (QED) is 0.165. The van der Waals surface area contributed by atoms with Gasteiger partial charge in [-0.05, 0) is 47.7 Å². The molecule has 0 bridgehead atoms. The van der Waals surface area contributed by atoms with Gasteiger partial charge in [0.05, 0.1) is 0 Å². The second-order valence-corrected chi connectivity index (χ2v) is 9.99. The molecule has 0 fully saturated rings. The summed E-state index contributed by atoms with van der Waals surface area (Å²) < 4.78 is 41.6. The lowest BCUT2D eigenvalue weighted by molar-refractivity contribution is -0.688. The van der Waals surface area contributed by atoms with Crippen LogP contribution >= 0.6 is 0 Å². The van der Waals surface area contributed by atoms with Crippen molar-refractivity contribution in [2.45, 2.75) is 45.6 Å². The van der Waals surface area contributed by atoms with Gasteiger partial charge in [-0.25, -0.2) is 0 Å². The molecule has 0 unspecified atom stereocenters. The Morgan fingerprint density at radius 2 is 1.50 bits per heavy atom. The number of aryl methyl sites for hydroxylation is 1. The highest BCUT2D eigenvalue weighted by molar-refractivity contribution is 6.50. The number of halogens is 4. The molecule has 0 saturated heterocycles. The van der Waals surface area contributed by atoms with E-state index in [0.29, 0.717) is 0 Å². The Bertz CT molecular complexity index is 1330. The fraction of sp³-hybridized carbons (Fsp3) is 0.241. The molecule has 2 aromatic carbocycles. The van der Waals surface area contributed by atoms with Gasteiger partial charge in [0.1, 0.15) is 0 Å². The van der Waals surface area contributed by atoms with Crippen LogP contribution in [0, 0.1) is 0 Å². The van der Waals surface area contributed by atoms with Crippen molar-refractivity contribution >= 4 is 7.25 Å². The number of hydrogen-bond acceptors (Lipinski definition) is 1. The van der Waals surface area contributed by atoms with Crippen LogP contribution < -0.4 is 4.57 Å². The first-order valence-corrected chi connectivity index (χ1v) is 12.0. The maximum Gasteiger partial charge on any atom is 0.673 e. The minimum absolute atomic E-state index is 0.00710. The molecule has 2 nitrogen and oxygen atoms in total. The molecule has 1 aliphatic carbocycles. The Morgan fingerprint density at radius 1 is 0.833 bits per heavy atom. The second kappa shape index (κ2) is 10.3. The third kappa shape index (κ3) is 6.01. The molecule has 0 spiro atoms. The van der Waals surface area contributed by atoms with Crippen LogP contribution in [-0.2, 0) is 24.8 Å². The maximum absolute atomic E-state index is 9.75. The van der Waals surface area contributed by atoms with Gasteiger partial charge in [-0.15, -0.1) is 0 Å². The van der Waals surface area contributed by atoms with Crippen molar-refractivity contribution in [3.8, 4) is 22.4 Å². The predicted molar refractivity (Wildman–Crippen MR) is 137 cm³/mol. The van der Waals surface area contributed by atoms with E-state index in [9.17, 15) is 17.3 Å². The predicted octanol–water partition coefficient (Wildman–Crippen LogP) is 7.45. The fourth-order valence-electron chi connectivity index (χ4n) is 4.84. The summed E-state index contributed by atoms with van der Waals surface area (Å²) in [5, 5.41) is 0. The summed E-state index contributed by atoms with van der Waals surface area (Å²) in [6.45, 7) is 7.78. The first-order valence-electron chi connectivity index (χ1n) is 12.0. The fourth-order valence-corrected chi connectivity index (χ4v) is 4.84. The van der Waals surface area contributed by atoms with Crippen molar-refractivity contribution in [3.63, 3.8) is 0 Å². The van der Waals surface area contributed by atoms with E-state index in [1.54, 1.807) is 0 Å². The molecule has 0 saturated carbocycles. The molecule has 5 rings (SSSR count). The Balaban J connectivity index is 0.000000556. The number of fused-ring (bicyclic) bond motifs is 3. The zero-order valence-electron chi connectivity index (χ0n) is 20.7. The van der Waals surface area contributed by atoms with Gasteiger partial charge in [-0.1, -0.05) is 69.3 Å². The van der Waals surface area contributed by atoms with Gasteiger partial charge in [0, 0.05) is 40.6 Å². The zero-order chi connectivity index (χ0) is 25.9. The highest BCUT2D eigenvalue weighted by Gasteiger charge is 2.35. The van der Waals surface area contributed by atoms with E-state index < -0.39 is 7.25 Å². The van der Waals surface area contributed by atoms with E-state index in [1.807, 2.05) is 18.5 Å². The smallest absolute Gasteiger partial charge is 0.418 e. The van der Waals surface area contributed by atoms with E-state index in [-0.39, 0.29) is 5.41 Å². The van der Waals surface area contributed by atoms with Gasteiger partial charge in [0.2, 0.25) is 5.69 Å². The number of aromatic nitrogens is 2. The minimum atomic E-state index is -6.00. The first kappa shape index (κ1) is 25.6. The summed E-state index contributed by atoms with van der Waals surface area (Å²) in [5.74, 6) is 0. The van der Waals surface area contributed by atoms with Crippen LogP contribution in [0.1, 0.15) is 43.2 Å². The van der Waals surface area contributed by atoms with E-state index in [4.69, 9.17) is 0 Å². The Morgan fingerprint density at radius 3 is 2.14 bits per heavy atom.